The summed E-state index contributed by atoms with van der Waals surface area (Å²) in [6, 6.07) is 26.0. The number of benzene rings is 4. The first kappa shape index (κ1) is 27.1. The first-order valence-electron chi connectivity index (χ1n) is 11.7. The van der Waals surface area contributed by atoms with Crippen molar-refractivity contribution in [1.29, 1.82) is 5.26 Å². The van der Waals surface area contributed by atoms with E-state index in [1.165, 1.54) is 6.08 Å². The van der Waals surface area contributed by atoms with Crippen molar-refractivity contribution in [2.45, 2.75) is 13.5 Å². The maximum atomic E-state index is 12.7. The number of nitriles is 1. The largest absolute Gasteiger partial charge is 0.487 e. The molecule has 4 rings (SSSR count). The highest BCUT2D eigenvalue weighted by Gasteiger charge is 2.14. The summed E-state index contributed by atoms with van der Waals surface area (Å²) in [6.45, 7) is 2.37. The van der Waals surface area contributed by atoms with Gasteiger partial charge < -0.3 is 14.8 Å². The Bertz CT molecular complexity index is 1550. The minimum absolute atomic E-state index is 0.0808. The Morgan fingerprint density at radius 1 is 0.974 bits per heavy atom. The van der Waals surface area contributed by atoms with Crippen molar-refractivity contribution in [3.63, 3.8) is 0 Å². The average Bonchev–Trinajstić information content (AvgIpc) is 2.91. The maximum Gasteiger partial charge on any atom is 0.338 e. The number of halogens is 2. The van der Waals surface area contributed by atoms with Gasteiger partial charge in [-0.25, -0.2) is 4.79 Å². The molecule has 0 aliphatic heterocycles. The van der Waals surface area contributed by atoms with E-state index in [2.05, 4.69) is 55.4 Å². The summed E-state index contributed by atoms with van der Waals surface area (Å²) in [5.74, 6) is -0.400. The highest BCUT2D eigenvalue weighted by molar-refractivity contribution is 9.11. The zero-order chi connectivity index (χ0) is 27.1. The van der Waals surface area contributed by atoms with Gasteiger partial charge in [-0.1, -0.05) is 42.5 Å². The maximum absolute atomic E-state index is 12.7. The fourth-order valence-electron chi connectivity index (χ4n) is 3.79. The van der Waals surface area contributed by atoms with Gasteiger partial charge in [0.25, 0.3) is 5.91 Å². The van der Waals surface area contributed by atoms with Crippen LogP contribution in [-0.4, -0.2) is 18.5 Å². The van der Waals surface area contributed by atoms with E-state index in [4.69, 9.17) is 9.47 Å². The van der Waals surface area contributed by atoms with Crippen molar-refractivity contribution in [2.24, 2.45) is 0 Å². The Morgan fingerprint density at radius 2 is 1.66 bits per heavy atom. The van der Waals surface area contributed by atoms with Crippen molar-refractivity contribution in [3.8, 4) is 11.8 Å². The Hall–Kier alpha value is -3.93. The summed E-state index contributed by atoms with van der Waals surface area (Å²) in [7, 11) is 0. The lowest BCUT2D eigenvalue weighted by Gasteiger charge is -2.13. The summed E-state index contributed by atoms with van der Waals surface area (Å²) in [6.07, 6.45) is 1.49. The van der Waals surface area contributed by atoms with Gasteiger partial charge in [0.1, 0.15) is 24.0 Å². The van der Waals surface area contributed by atoms with Crippen molar-refractivity contribution in [2.75, 3.05) is 11.9 Å². The van der Waals surface area contributed by atoms with E-state index in [1.54, 1.807) is 43.3 Å². The van der Waals surface area contributed by atoms with Gasteiger partial charge >= 0.3 is 5.97 Å². The van der Waals surface area contributed by atoms with Crippen LogP contribution in [-0.2, 0) is 16.1 Å². The van der Waals surface area contributed by atoms with Gasteiger partial charge in [0.2, 0.25) is 0 Å². The number of fused-ring (bicyclic) bond motifs is 1. The zero-order valence-electron chi connectivity index (χ0n) is 20.3. The molecule has 0 unspecified atom stereocenters. The predicted octanol–water partition coefficient (Wildman–Crippen LogP) is 7.67. The molecule has 190 valence electrons. The fraction of sp³-hybridized carbons (Fsp3) is 0.100. The molecule has 0 radical (unpaired) electrons. The third-order valence-corrected chi connectivity index (χ3v) is 6.78. The molecule has 6 nitrogen and oxygen atoms in total. The van der Waals surface area contributed by atoms with Gasteiger partial charge in [0.15, 0.2) is 0 Å². The quantitative estimate of drug-likeness (QED) is 0.122. The van der Waals surface area contributed by atoms with Crippen LogP contribution in [0.4, 0.5) is 5.69 Å². The van der Waals surface area contributed by atoms with Crippen LogP contribution in [0.1, 0.15) is 28.4 Å². The number of rotatable bonds is 8. The second kappa shape index (κ2) is 12.5. The van der Waals surface area contributed by atoms with E-state index < -0.39 is 11.9 Å². The van der Waals surface area contributed by atoms with E-state index in [0.29, 0.717) is 38.1 Å². The second-order valence-corrected chi connectivity index (χ2v) is 9.87. The minimum Gasteiger partial charge on any atom is -0.487 e. The normalized spacial score (nSPS) is 11.1. The molecule has 0 aliphatic rings. The first-order valence-corrected chi connectivity index (χ1v) is 13.3. The van der Waals surface area contributed by atoms with Crippen LogP contribution >= 0.6 is 31.9 Å². The van der Waals surface area contributed by atoms with E-state index in [9.17, 15) is 14.9 Å². The third kappa shape index (κ3) is 6.49. The summed E-state index contributed by atoms with van der Waals surface area (Å²) in [5, 5.41) is 14.6. The van der Waals surface area contributed by atoms with Crippen molar-refractivity contribution >= 4 is 66.3 Å². The molecule has 0 fully saturated rings. The summed E-state index contributed by atoms with van der Waals surface area (Å²) >= 11 is 7.10. The SMILES string of the molecule is CCOC(=O)c1ccc(NC(=O)/C(C#N)=C/c2cc(Br)c(OCc3cccc4ccccc34)c(Br)c2)cc1. The van der Waals surface area contributed by atoms with Gasteiger partial charge in [-0.2, -0.15) is 5.26 Å². The fourth-order valence-corrected chi connectivity index (χ4v) is 5.24. The van der Waals surface area contributed by atoms with E-state index >= 15 is 0 Å². The molecule has 1 N–H and O–H groups in total. The molecule has 4 aromatic carbocycles. The Kier molecular flexibility index (Phi) is 8.95. The lowest BCUT2D eigenvalue weighted by Crippen LogP contribution is -2.13. The van der Waals surface area contributed by atoms with Gasteiger partial charge in [-0.3, -0.25) is 4.79 Å². The molecule has 4 aromatic rings. The lowest BCUT2D eigenvalue weighted by atomic mass is 10.1. The standard InChI is InChI=1S/C30H22Br2N2O4/c1-2-37-30(36)21-10-12-24(13-11-21)34-29(35)23(17-33)14-19-15-26(31)28(27(32)16-19)38-18-22-8-5-7-20-6-3-4-9-25(20)22/h3-16H,2,18H2,1H3,(H,34,35)/b23-14+. The molecule has 0 aromatic heterocycles. The number of esters is 1. The molecule has 0 saturated heterocycles. The monoisotopic (exact) mass is 632 g/mol. The Balaban J connectivity index is 1.48. The number of hydrogen-bond acceptors (Lipinski definition) is 5. The van der Waals surface area contributed by atoms with Gasteiger partial charge in [-0.15, -0.1) is 0 Å². The van der Waals surface area contributed by atoms with Crippen LogP contribution in [0.2, 0.25) is 0 Å². The van der Waals surface area contributed by atoms with Gasteiger partial charge in [0.05, 0.1) is 21.1 Å². The lowest BCUT2D eigenvalue weighted by molar-refractivity contribution is -0.112. The van der Waals surface area contributed by atoms with Gasteiger partial charge in [0, 0.05) is 5.69 Å². The summed E-state index contributed by atoms with van der Waals surface area (Å²) in [5.41, 5.74) is 2.43. The van der Waals surface area contributed by atoms with Crippen LogP contribution in [0.15, 0.2) is 93.4 Å². The molecule has 0 aliphatic carbocycles. The molecule has 0 bridgehead atoms. The van der Waals surface area contributed by atoms with Crippen LogP contribution in [0.25, 0.3) is 16.8 Å². The van der Waals surface area contributed by atoms with Crippen LogP contribution in [0.5, 0.6) is 5.75 Å². The number of ether oxygens (including phenoxy) is 2. The molecule has 8 heteroatoms. The average molecular weight is 634 g/mol. The third-order valence-electron chi connectivity index (χ3n) is 5.60. The molecule has 0 spiro atoms. The van der Waals surface area contributed by atoms with Gasteiger partial charge in [-0.05, 0) is 103 Å². The summed E-state index contributed by atoms with van der Waals surface area (Å²) < 4.78 is 12.4. The summed E-state index contributed by atoms with van der Waals surface area (Å²) in [4.78, 5) is 24.5. The number of carbonyl (C=O) groups is 2. The smallest absolute Gasteiger partial charge is 0.338 e. The number of nitrogens with one attached hydrogen (secondary N) is 1. The predicted molar refractivity (Wildman–Crippen MR) is 155 cm³/mol. The number of hydrogen-bond donors (Lipinski definition) is 1. The van der Waals surface area contributed by atoms with E-state index in [0.717, 1.165) is 16.3 Å². The van der Waals surface area contributed by atoms with Crippen LogP contribution in [0.3, 0.4) is 0 Å². The minimum atomic E-state index is -0.570. The Morgan fingerprint density at radius 3 is 2.34 bits per heavy atom. The Labute approximate surface area is 237 Å². The van der Waals surface area contributed by atoms with Crippen LogP contribution in [0, 0.1) is 11.3 Å². The van der Waals surface area contributed by atoms with Crippen molar-refractivity contribution in [3.05, 3.63) is 110 Å². The van der Waals surface area contributed by atoms with Crippen molar-refractivity contribution in [1.82, 2.24) is 0 Å². The first-order chi connectivity index (χ1) is 18.4. The topological polar surface area (TPSA) is 88.4 Å². The van der Waals surface area contributed by atoms with Crippen molar-refractivity contribution < 1.29 is 19.1 Å². The van der Waals surface area contributed by atoms with E-state index in [1.807, 2.05) is 30.3 Å². The highest BCUT2D eigenvalue weighted by Crippen LogP contribution is 2.36. The number of amides is 1. The molecule has 0 heterocycles. The van der Waals surface area contributed by atoms with Crippen LogP contribution < -0.4 is 10.1 Å². The molecule has 0 saturated carbocycles. The number of carbonyl (C=O) groups excluding carboxylic acids is 2. The van der Waals surface area contributed by atoms with E-state index in [-0.39, 0.29) is 12.2 Å². The number of nitrogens with zero attached hydrogens (tertiary/aromatic N) is 1. The zero-order valence-corrected chi connectivity index (χ0v) is 23.5. The molecule has 1 amide bonds. The molecule has 38 heavy (non-hydrogen) atoms. The molecule has 0 atom stereocenters. The second-order valence-electron chi connectivity index (χ2n) is 8.16. The highest BCUT2D eigenvalue weighted by atomic mass is 79.9. The molecular weight excluding hydrogens is 612 g/mol. The molecular formula is C30H22Br2N2O4. The number of anilines is 1.